The minimum absolute atomic E-state index is 0.293. The number of nitriles is 1. The van der Waals surface area contributed by atoms with Gasteiger partial charge in [-0.3, -0.25) is 0 Å². The lowest BCUT2D eigenvalue weighted by Crippen LogP contribution is -1.92. The topological polar surface area (TPSA) is 65.4 Å². The van der Waals surface area contributed by atoms with E-state index in [1.807, 2.05) is 66.7 Å². The Hall–Kier alpha value is -3.19. The molecular weight excluding hydrogens is 260 g/mol. The van der Waals surface area contributed by atoms with Crippen molar-refractivity contribution in [3.8, 4) is 6.07 Å². The van der Waals surface area contributed by atoms with Gasteiger partial charge in [0.05, 0.1) is 0 Å². The van der Waals surface area contributed by atoms with Crippen LogP contribution in [0.4, 0.5) is 0 Å². The van der Waals surface area contributed by atoms with E-state index in [-0.39, 0.29) is 0 Å². The van der Waals surface area contributed by atoms with Crippen LogP contribution < -0.4 is 0 Å². The van der Waals surface area contributed by atoms with E-state index in [9.17, 15) is 0 Å². The smallest absolute Gasteiger partial charge is 0.190 e. The van der Waals surface area contributed by atoms with E-state index in [1.54, 1.807) is 0 Å². The Balaban J connectivity index is 2.17. The summed E-state index contributed by atoms with van der Waals surface area (Å²) in [6.45, 7) is 0. The molecule has 0 saturated carbocycles. The Morgan fingerprint density at radius 3 is 2.29 bits per heavy atom. The summed E-state index contributed by atoms with van der Waals surface area (Å²) in [7, 11) is 0. The lowest BCUT2D eigenvalue weighted by Gasteiger charge is -2.05. The summed E-state index contributed by atoms with van der Waals surface area (Å²) >= 11 is 0. The maximum absolute atomic E-state index is 9.17. The molecule has 0 aliphatic carbocycles. The molecule has 1 aromatic heterocycles. The monoisotopic (exact) mass is 272 g/mol. The van der Waals surface area contributed by atoms with Gasteiger partial charge in [-0.2, -0.15) is 15.6 Å². The first-order chi connectivity index (χ1) is 10.4. The van der Waals surface area contributed by atoms with Crippen molar-refractivity contribution in [2.24, 2.45) is 0 Å². The molecule has 0 amide bonds. The molecule has 0 unspecified atom stereocenters. The van der Waals surface area contributed by atoms with E-state index in [2.05, 4.69) is 21.5 Å². The van der Waals surface area contributed by atoms with Gasteiger partial charge in [-0.1, -0.05) is 60.7 Å². The highest BCUT2D eigenvalue weighted by atomic mass is 15.3. The van der Waals surface area contributed by atoms with Crippen LogP contribution in [0.15, 0.2) is 60.7 Å². The minimum atomic E-state index is 0.293. The summed E-state index contributed by atoms with van der Waals surface area (Å²) in [5.74, 6) is 0. The normalized spacial score (nSPS) is 11.1. The van der Waals surface area contributed by atoms with Crippen LogP contribution in [-0.4, -0.2) is 15.4 Å². The second-order valence-electron chi connectivity index (χ2n) is 4.47. The van der Waals surface area contributed by atoms with Crippen LogP contribution in [0.5, 0.6) is 0 Å². The van der Waals surface area contributed by atoms with E-state index in [0.717, 1.165) is 16.7 Å². The molecular formula is C17H12N4. The molecule has 100 valence electrons. The lowest BCUT2D eigenvalue weighted by molar-refractivity contribution is 0.932. The Morgan fingerprint density at radius 1 is 0.952 bits per heavy atom. The number of nitrogens with one attached hydrogen (secondary N) is 1. The Morgan fingerprint density at radius 2 is 1.62 bits per heavy atom. The lowest BCUT2D eigenvalue weighted by atomic mass is 9.99. The van der Waals surface area contributed by atoms with Gasteiger partial charge in [-0.05, 0) is 17.2 Å². The van der Waals surface area contributed by atoms with Crippen molar-refractivity contribution in [1.29, 1.82) is 5.26 Å². The van der Waals surface area contributed by atoms with Crippen molar-refractivity contribution in [2.45, 2.75) is 0 Å². The molecule has 0 bridgehead atoms. The second-order valence-corrected chi connectivity index (χ2v) is 4.47. The summed E-state index contributed by atoms with van der Waals surface area (Å²) in [5, 5.41) is 19.7. The summed E-state index contributed by atoms with van der Waals surface area (Å²) < 4.78 is 0. The first-order valence-electron chi connectivity index (χ1n) is 6.52. The summed E-state index contributed by atoms with van der Waals surface area (Å²) in [6, 6.07) is 21.9. The number of aromatic amines is 1. The zero-order valence-electron chi connectivity index (χ0n) is 11.2. The van der Waals surface area contributed by atoms with Gasteiger partial charge < -0.3 is 0 Å². The highest BCUT2D eigenvalue weighted by molar-refractivity contribution is 5.91. The van der Waals surface area contributed by atoms with E-state index in [4.69, 9.17) is 5.26 Å². The molecule has 0 aliphatic rings. The van der Waals surface area contributed by atoms with E-state index in [1.165, 1.54) is 0 Å². The van der Waals surface area contributed by atoms with Gasteiger partial charge in [-0.15, -0.1) is 5.10 Å². The third kappa shape index (κ3) is 2.72. The van der Waals surface area contributed by atoms with Crippen molar-refractivity contribution in [1.82, 2.24) is 15.4 Å². The molecule has 4 nitrogen and oxygen atoms in total. The Labute approximate surface area is 122 Å². The minimum Gasteiger partial charge on any atom is -0.196 e. The van der Waals surface area contributed by atoms with Crippen LogP contribution in [0.25, 0.3) is 11.6 Å². The van der Waals surface area contributed by atoms with Gasteiger partial charge in [0.25, 0.3) is 0 Å². The maximum Gasteiger partial charge on any atom is 0.190 e. The number of benzene rings is 2. The fraction of sp³-hybridized carbons (Fsp3) is 0. The predicted octanol–water partition coefficient (Wildman–Crippen LogP) is 3.27. The zero-order chi connectivity index (χ0) is 14.5. The van der Waals surface area contributed by atoms with Crippen LogP contribution >= 0.6 is 0 Å². The Bertz CT molecular complexity index is 796. The second kappa shape index (κ2) is 5.85. The van der Waals surface area contributed by atoms with Crippen molar-refractivity contribution >= 4 is 11.6 Å². The third-order valence-electron chi connectivity index (χ3n) is 3.10. The number of H-pyrrole nitrogens is 1. The molecule has 3 aromatic rings. The van der Waals surface area contributed by atoms with Crippen molar-refractivity contribution < 1.29 is 0 Å². The SMILES string of the molecule is N#Cc1n[nH]nc1C(=Cc1ccccc1)c1ccccc1. The molecule has 4 heteroatoms. The largest absolute Gasteiger partial charge is 0.196 e. The summed E-state index contributed by atoms with van der Waals surface area (Å²) in [6.07, 6.45) is 2.01. The van der Waals surface area contributed by atoms with Crippen LogP contribution in [-0.2, 0) is 0 Å². The first kappa shape index (κ1) is 12.8. The maximum atomic E-state index is 9.17. The van der Waals surface area contributed by atoms with Crippen LogP contribution in [0.2, 0.25) is 0 Å². The Kier molecular flexibility index (Phi) is 3.57. The van der Waals surface area contributed by atoms with E-state index in [0.29, 0.717) is 11.4 Å². The predicted molar refractivity (Wildman–Crippen MR) is 81.0 cm³/mol. The number of hydrogen-bond donors (Lipinski definition) is 1. The highest BCUT2D eigenvalue weighted by Gasteiger charge is 2.14. The fourth-order valence-corrected chi connectivity index (χ4v) is 2.12. The van der Waals surface area contributed by atoms with Gasteiger partial charge in [0.15, 0.2) is 5.69 Å². The van der Waals surface area contributed by atoms with E-state index < -0.39 is 0 Å². The first-order valence-corrected chi connectivity index (χ1v) is 6.52. The average molecular weight is 272 g/mol. The summed E-state index contributed by atoms with van der Waals surface area (Å²) in [4.78, 5) is 0. The van der Waals surface area contributed by atoms with Gasteiger partial charge >= 0.3 is 0 Å². The van der Waals surface area contributed by atoms with Gasteiger partial charge in [0, 0.05) is 5.57 Å². The molecule has 0 fully saturated rings. The van der Waals surface area contributed by atoms with Gasteiger partial charge in [0.1, 0.15) is 11.8 Å². The van der Waals surface area contributed by atoms with Crippen molar-refractivity contribution in [3.05, 3.63) is 83.2 Å². The summed E-state index contributed by atoms with van der Waals surface area (Å²) in [5.41, 5.74) is 3.76. The molecule has 21 heavy (non-hydrogen) atoms. The molecule has 1 heterocycles. The molecule has 0 atom stereocenters. The van der Waals surface area contributed by atoms with Crippen molar-refractivity contribution in [3.63, 3.8) is 0 Å². The molecule has 0 aliphatic heterocycles. The fourth-order valence-electron chi connectivity index (χ4n) is 2.12. The van der Waals surface area contributed by atoms with E-state index >= 15 is 0 Å². The van der Waals surface area contributed by atoms with Crippen LogP contribution in [0.1, 0.15) is 22.5 Å². The number of rotatable bonds is 3. The van der Waals surface area contributed by atoms with Gasteiger partial charge in [0.2, 0.25) is 0 Å². The van der Waals surface area contributed by atoms with Gasteiger partial charge in [-0.25, -0.2) is 0 Å². The highest BCUT2D eigenvalue weighted by Crippen LogP contribution is 2.25. The molecule has 0 saturated heterocycles. The van der Waals surface area contributed by atoms with Crippen LogP contribution in [0, 0.1) is 11.3 Å². The third-order valence-corrected chi connectivity index (χ3v) is 3.10. The number of nitrogens with zero attached hydrogens (tertiary/aromatic N) is 3. The molecule has 1 N–H and O–H groups in total. The number of aromatic nitrogens is 3. The average Bonchev–Trinajstić information content (AvgIpc) is 3.03. The van der Waals surface area contributed by atoms with Crippen molar-refractivity contribution in [2.75, 3.05) is 0 Å². The number of hydrogen-bond acceptors (Lipinski definition) is 3. The van der Waals surface area contributed by atoms with Crippen LogP contribution in [0.3, 0.4) is 0 Å². The molecule has 0 radical (unpaired) electrons. The molecule has 2 aromatic carbocycles. The standard InChI is InChI=1S/C17H12N4/c18-12-16-17(20-21-19-16)15(14-9-5-2-6-10-14)11-13-7-3-1-4-8-13/h1-11H,(H,19,20,21). The quantitative estimate of drug-likeness (QED) is 0.744. The molecule has 3 rings (SSSR count). The zero-order valence-corrected chi connectivity index (χ0v) is 11.2. The molecule has 0 spiro atoms.